The lowest BCUT2D eigenvalue weighted by Gasteiger charge is -2.43. The number of hydrogen-bond acceptors (Lipinski definition) is 6. The average molecular weight is 541 g/mol. The summed E-state index contributed by atoms with van der Waals surface area (Å²) >= 11 is 6.42. The minimum absolute atomic E-state index is 0.0358. The molecule has 0 radical (unpaired) electrons. The normalized spacial score (nSPS) is 20.6. The van der Waals surface area contributed by atoms with Gasteiger partial charge in [-0.1, -0.05) is 11.6 Å². The molecule has 2 aliphatic rings. The van der Waals surface area contributed by atoms with Crippen molar-refractivity contribution in [3.63, 3.8) is 0 Å². The molecule has 4 N–H and O–H groups in total. The Morgan fingerprint density at radius 1 is 1.24 bits per heavy atom. The number of piperidine rings is 1. The maximum Gasteiger partial charge on any atom is 0.244 e. The molecular weight excluding hydrogens is 508 g/mol. The Balaban J connectivity index is 1.32. The van der Waals surface area contributed by atoms with Gasteiger partial charge in [-0.05, 0) is 50.8 Å². The number of carbonyl (C=O) groups excluding carboxylic acids is 3. The number of pyridine rings is 1. The molecule has 2 fully saturated rings. The van der Waals surface area contributed by atoms with Crippen LogP contribution in [0.2, 0.25) is 5.02 Å². The van der Waals surface area contributed by atoms with E-state index in [0.29, 0.717) is 36.8 Å². The van der Waals surface area contributed by atoms with Crippen LogP contribution < -0.4 is 11.1 Å². The number of aromatic nitrogens is 2. The zero-order valence-corrected chi connectivity index (χ0v) is 22.4. The number of nitrogens with one attached hydrogen (secondary N) is 2. The quantitative estimate of drug-likeness (QED) is 0.440. The van der Waals surface area contributed by atoms with Gasteiger partial charge in [0.15, 0.2) is 0 Å². The number of nitrogens with two attached hydrogens (primary N) is 1. The lowest BCUT2D eigenvalue weighted by Crippen LogP contribution is -2.60. The number of aromatic amines is 1. The lowest BCUT2D eigenvalue weighted by molar-refractivity contribution is -0.150. The molecule has 5 rings (SSSR count). The maximum atomic E-state index is 13.6. The summed E-state index contributed by atoms with van der Waals surface area (Å²) in [6, 6.07) is 4.82. The number of nitrogens with zero attached hydrogens (tertiary/aromatic N) is 3. The van der Waals surface area contributed by atoms with Gasteiger partial charge in [0, 0.05) is 48.0 Å². The van der Waals surface area contributed by atoms with E-state index in [1.807, 2.05) is 35.8 Å². The van der Waals surface area contributed by atoms with Crippen LogP contribution in [0.15, 0.2) is 30.6 Å². The number of ether oxygens (including phenoxy) is 1. The molecule has 2 aromatic heterocycles. The van der Waals surface area contributed by atoms with E-state index in [4.69, 9.17) is 22.1 Å². The van der Waals surface area contributed by atoms with Crippen molar-refractivity contribution in [1.82, 2.24) is 19.8 Å². The third-order valence-electron chi connectivity index (χ3n) is 7.49. The van der Waals surface area contributed by atoms with E-state index in [-0.39, 0.29) is 36.8 Å². The van der Waals surface area contributed by atoms with Gasteiger partial charge in [-0.2, -0.15) is 0 Å². The molecule has 11 heteroatoms. The van der Waals surface area contributed by atoms with E-state index >= 15 is 0 Å². The van der Waals surface area contributed by atoms with Crippen molar-refractivity contribution in [1.29, 1.82) is 0 Å². The minimum atomic E-state index is -0.653. The van der Waals surface area contributed by atoms with Gasteiger partial charge in [0.1, 0.15) is 6.04 Å². The number of H-pyrrole nitrogens is 1. The van der Waals surface area contributed by atoms with Crippen molar-refractivity contribution >= 4 is 56.8 Å². The second-order valence-corrected chi connectivity index (χ2v) is 11.3. The fourth-order valence-electron chi connectivity index (χ4n) is 5.54. The second kappa shape index (κ2) is 10.5. The summed E-state index contributed by atoms with van der Waals surface area (Å²) in [5.74, 6) is -0.396. The lowest BCUT2D eigenvalue weighted by atomic mass is 9.93. The van der Waals surface area contributed by atoms with Crippen molar-refractivity contribution in [2.24, 2.45) is 11.7 Å². The molecule has 0 bridgehead atoms. The second-order valence-electron chi connectivity index (χ2n) is 10.9. The average Bonchev–Trinajstić information content (AvgIpc) is 3.22. The van der Waals surface area contributed by atoms with Gasteiger partial charge >= 0.3 is 0 Å². The molecule has 10 nitrogen and oxygen atoms in total. The van der Waals surface area contributed by atoms with Crippen molar-refractivity contribution in [2.75, 3.05) is 38.1 Å². The molecule has 2 aliphatic heterocycles. The molecule has 3 amide bonds. The van der Waals surface area contributed by atoms with Crippen LogP contribution in [0.25, 0.3) is 21.8 Å². The number of hydrogen-bond donors (Lipinski definition) is 3. The molecule has 0 aliphatic carbocycles. The number of benzene rings is 1. The monoisotopic (exact) mass is 540 g/mol. The highest BCUT2D eigenvalue weighted by Gasteiger charge is 2.39. The maximum absolute atomic E-state index is 13.6. The van der Waals surface area contributed by atoms with Gasteiger partial charge in [0.05, 0.1) is 41.7 Å². The first kappa shape index (κ1) is 26.4. The van der Waals surface area contributed by atoms with Crippen LogP contribution in [0.4, 0.5) is 5.69 Å². The third kappa shape index (κ3) is 5.62. The highest BCUT2D eigenvalue weighted by molar-refractivity contribution is 6.33. The summed E-state index contributed by atoms with van der Waals surface area (Å²) in [5.41, 5.74) is 6.99. The number of likely N-dealkylation sites (tertiary alicyclic amines) is 1. The number of carbonyl (C=O) groups is 3. The molecule has 4 heterocycles. The first-order valence-corrected chi connectivity index (χ1v) is 13.3. The summed E-state index contributed by atoms with van der Waals surface area (Å²) in [6.45, 7) is 5.76. The number of halogens is 1. The van der Waals surface area contributed by atoms with Crippen LogP contribution in [0.5, 0.6) is 0 Å². The summed E-state index contributed by atoms with van der Waals surface area (Å²) in [4.78, 5) is 49.3. The first-order chi connectivity index (χ1) is 18.1. The zero-order chi connectivity index (χ0) is 27.0. The number of rotatable bonds is 6. The predicted molar refractivity (Wildman–Crippen MR) is 146 cm³/mol. The standard InChI is InChI=1S/C27H33ClN6O4/c1-27(2)15-34(13-24(36)33-7-4-16(5-8-33)9-23(29)35)22(14-38-27)26(37)32-20-11-17(28)10-19-18-3-6-30-12-21(18)31-25(19)20/h3,6,10-12,16,22,31H,4-5,7-9,13-15H2,1-2H3,(H2,29,35)(H,32,37)/t22-/m0/s1. The largest absolute Gasteiger partial charge is 0.372 e. The van der Waals surface area contributed by atoms with Crippen LogP contribution in [0.3, 0.4) is 0 Å². The Morgan fingerprint density at radius 3 is 2.74 bits per heavy atom. The Hall–Kier alpha value is -3.21. The van der Waals surface area contributed by atoms with Gasteiger partial charge < -0.3 is 25.7 Å². The highest BCUT2D eigenvalue weighted by atomic mass is 35.5. The van der Waals surface area contributed by atoms with Crippen LogP contribution in [0, 0.1) is 5.92 Å². The molecule has 2 saturated heterocycles. The van der Waals surface area contributed by atoms with Crippen LogP contribution in [-0.2, 0) is 19.1 Å². The van der Waals surface area contributed by atoms with Crippen molar-refractivity contribution in [3.8, 4) is 0 Å². The topological polar surface area (TPSA) is 134 Å². The van der Waals surface area contributed by atoms with Crippen LogP contribution >= 0.6 is 11.6 Å². The molecule has 0 spiro atoms. The summed E-state index contributed by atoms with van der Waals surface area (Å²) in [5, 5.41) is 5.37. The molecule has 0 unspecified atom stereocenters. The molecule has 3 aromatic rings. The minimum Gasteiger partial charge on any atom is -0.372 e. The van der Waals surface area contributed by atoms with E-state index in [1.165, 1.54) is 0 Å². The Labute approximate surface area is 225 Å². The van der Waals surface area contributed by atoms with Gasteiger partial charge in [0.2, 0.25) is 17.7 Å². The molecule has 0 saturated carbocycles. The first-order valence-electron chi connectivity index (χ1n) is 12.9. The molecular formula is C27H33ClN6O4. The highest BCUT2D eigenvalue weighted by Crippen LogP contribution is 2.33. The molecule has 38 heavy (non-hydrogen) atoms. The van der Waals surface area contributed by atoms with E-state index in [0.717, 1.165) is 34.6 Å². The van der Waals surface area contributed by atoms with Crippen LogP contribution in [-0.4, -0.2) is 81.9 Å². The Bertz CT molecular complexity index is 1380. The van der Waals surface area contributed by atoms with E-state index in [9.17, 15) is 14.4 Å². The summed E-state index contributed by atoms with van der Waals surface area (Å²) < 4.78 is 5.99. The number of amides is 3. The zero-order valence-electron chi connectivity index (χ0n) is 21.6. The smallest absolute Gasteiger partial charge is 0.244 e. The summed E-state index contributed by atoms with van der Waals surface area (Å²) in [6.07, 6.45) is 5.29. The molecule has 1 atom stereocenters. The van der Waals surface area contributed by atoms with Crippen LogP contribution in [0.1, 0.15) is 33.1 Å². The number of fused-ring (bicyclic) bond motifs is 3. The van der Waals surface area contributed by atoms with Gasteiger partial charge in [0.25, 0.3) is 0 Å². The predicted octanol–water partition coefficient (Wildman–Crippen LogP) is 2.90. The van der Waals surface area contributed by atoms with E-state index in [1.54, 1.807) is 18.5 Å². The molecule has 202 valence electrons. The fourth-order valence-corrected chi connectivity index (χ4v) is 5.76. The number of anilines is 1. The van der Waals surface area contributed by atoms with Gasteiger partial charge in [-0.15, -0.1) is 0 Å². The van der Waals surface area contributed by atoms with Gasteiger partial charge in [-0.25, -0.2) is 0 Å². The fraction of sp³-hybridized carbons (Fsp3) is 0.481. The number of morpholine rings is 1. The van der Waals surface area contributed by atoms with E-state index in [2.05, 4.69) is 15.3 Å². The van der Waals surface area contributed by atoms with Gasteiger partial charge in [-0.3, -0.25) is 24.3 Å². The number of primary amides is 1. The van der Waals surface area contributed by atoms with Crippen molar-refractivity contribution in [3.05, 3.63) is 35.6 Å². The van der Waals surface area contributed by atoms with Crippen molar-refractivity contribution < 1.29 is 19.1 Å². The summed E-state index contributed by atoms with van der Waals surface area (Å²) in [7, 11) is 0. The third-order valence-corrected chi connectivity index (χ3v) is 7.70. The SMILES string of the molecule is CC1(C)CN(CC(=O)N2CCC(CC(N)=O)CC2)[C@H](C(=O)Nc2cc(Cl)cc3c2[nH]c2cnccc23)CO1. The van der Waals surface area contributed by atoms with E-state index < -0.39 is 11.6 Å². The van der Waals surface area contributed by atoms with Crippen molar-refractivity contribution in [2.45, 2.75) is 44.8 Å². The molecule has 1 aromatic carbocycles. The Kier molecular flexibility index (Phi) is 7.30. The Morgan fingerprint density at radius 2 is 2.00 bits per heavy atom.